The first-order valence-electron chi connectivity index (χ1n) is 11.9. The third-order valence-corrected chi connectivity index (χ3v) is 8.46. The molecule has 0 saturated carbocycles. The van der Waals surface area contributed by atoms with E-state index in [1.807, 2.05) is 44.2 Å². The molecule has 5 rings (SSSR count). The first kappa shape index (κ1) is 24.8. The van der Waals surface area contributed by atoms with Gasteiger partial charge < -0.3 is 14.8 Å². The van der Waals surface area contributed by atoms with Crippen LogP contribution in [0.4, 0.5) is 5.69 Å². The van der Waals surface area contributed by atoms with Crippen molar-refractivity contribution >= 4 is 32.5 Å². The molecule has 4 aromatic rings. The number of aryl methyl sites for hydroxylation is 2. The Labute approximate surface area is 215 Å². The van der Waals surface area contributed by atoms with Gasteiger partial charge in [-0.2, -0.15) is 5.10 Å². The number of hydrogen-bond donors (Lipinski definition) is 1. The maximum absolute atomic E-state index is 13.7. The van der Waals surface area contributed by atoms with Gasteiger partial charge in [0, 0.05) is 11.3 Å². The van der Waals surface area contributed by atoms with E-state index in [-0.39, 0.29) is 23.5 Å². The molecule has 2 aromatic heterocycles. The number of anilines is 1. The van der Waals surface area contributed by atoms with E-state index in [4.69, 9.17) is 14.5 Å². The zero-order valence-electron chi connectivity index (χ0n) is 21.1. The van der Waals surface area contributed by atoms with Crippen molar-refractivity contribution in [2.75, 3.05) is 31.0 Å². The zero-order valence-corrected chi connectivity index (χ0v) is 21.9. The molecule has 1 aliphatic rings. The van der Waals surface area contributed by atoms with E-state index in [2.05, 4.69) is 10.4 Å². The molecule has 1 N–H and O–H groups in total. The van der Waals surface area contributed by atoms with E-state index in [1.54, 1.807) is 37.1 Å². The highest BCUT2D eigenvalue weighted by molar-refractivity contribution is 7.91. The minimum Gasteiger partial charge on any atom is -0.493 e. The predicted octanol–water partition coefficient (Wildman–Crippen LogP) is 4.34. The van der Waals surface area contributed by atoms with Crippen molar-refractivity contribution in [2.45, 2.75) is 26.3 Å². The third kappa shape index (κ3) is 4.64. The van der Waals surface area contributed by atoms with Gasteiger partial charge in [0.05, 0.1) is 54.1 Å². The number of ether oxygens (including phenoxy) is 2. The Balaban J connectivity index is 1.70. The fourth-order valence-electron chi connectivity index (χ4n) is 4.76. The molecule has 1 aliphatic heterocycles. The Morgan fingerprint density at radius 2 is 1.81 bits per heavy atom. The molecular weight excluding hydrogens is 492 g/mol. The van der Waals surface area contributed by atoms with Gasteiger partial charge in [0.2, 0.25) is 0 Å². The molecule has 3 heterocycles. The van der Waals surface area contributed by atoms with Crippen LogP contribution >= 0.6 is 0 Å². The summed E-state index contributed by atoms with van der Waals surface area (Å²) in [5.74, 6) is 0.899. The summed E-state index contributed by atoms with van der Waals surface area (Å²) in [6.45, 7) is 3.74. The van der Waals surface area contributed by atoms with Gasteiger partial charge in [-0.05, 0) is 56.2 Å². The van der Waals surface area contributed by atoms with E-state index in [0.29, 0.717) is 57.2 Å². The maximum atomic E-state index is 13.7. The van der Waals surface area contributed by atoms with Gasteiger partial charge in [-0.3, -0.25) is 4.79 Å². The normalized spacial score (nSPS) is 16.6. The molecule has 2 aromatic carbocycles. The molecule has 192 valence electrons. The molecule has 9 nitrogen and oxygen atoms in total. The van der Waals surface area contributed by atoms with E-state index in [1.165, 1.54) is 0 Å². The average molecular weight is 521 g/mol. The molecule has 1 unspecified atom stereocenters. The van der Waals surface area contributed by atoms with E-state index in [9.17, 15) is 13.2 Å². The lowest BCUT2D eigenvalue weighted by Crippen LogP contribution is -2.15. The molecule has 0 aliphatic carbocycles. The van der Waals surface area contributed by atoms with Gasteiger partial charge in [0.1, 0.15) is 0 Å². The summed E-state index contributed by atoms with van der Waals surface area (Å²) in [5, 5.41) is 8.28. The smallest absolute Gasteiger partial charge is 0.256 e. The molecule has 1 fully saturated rings. The van der Waals surface area contributed by atoms with Crippen molar-refractivity contribution in [2.24, 2.45) is 0 Å². The van der Waals surface area contributed by atoms with Gasteiger partial charge in [-0.25, -0.2) is 18.1 Å². The summed E-state index contributed by atoms with van der Waals surface area (Å²) in [7, 11) is -0.0360. The van der Waals surface area contributed by atoms with Crippen LogP contribution in [0.5, 0.6) is 11.5 Å². The number of carbonyl (C=O) groups is 1. The maximum Gasteiger partial charge on any atom is 0.256 e. The number of benzene rings is 2. The topological polar surface area (TPSA) is 112 Å². The Bertz CT molecular complexity index is 1630. The molecule has 0 spiro atoms. The number of sulfone groups is 1. The summed E-state index contributed by atoms with van der Waals surface area (Å²) >= 11 is 0. The van der Waals surface area contributed by atoms with Crippen molar-refractivity contribution in [1.29, 1.82) is 0 Å². The predicted molar refractivity (Wildman–Crippen MR) is 142 cm³/mol. The van der Waals surface area contributed by atoms with Gasteiger partial charge in [0.15, 0.2) is 27.0 Å². The van der Waals surface area contributed by atoms with E-state index >= 15 is 0 Å². The fraction of sp³-hybridized carbons (Fsp3) is 0.296. The van der Waals surface area contributed by atoms with E-state index < -0.39 is 9.84 Å². The van der Waals surface area contributed by atoms with Gasteiger partial charge >= 0.3 is 0 Å². The second-order valence-corrected chi connectivity index (χ2v) is 11.4. The number of nitrogens with zero attached hydrogens (tertiary/aromatic N) is 3. The van der Waals surface area contributed by atoms with Gasteiger partial charge in [0.25, 0.3) is 5.91 Å². The molecule has 0 radical (unpaired) electrons. The van der Waals surface area contributed by atoms with Gasteiger partial charge in [-0.15, -0.1) is 0 Å². The number of amides is 1. The number of carbonyl (C=O) groups excluding carboxylic acids is 1. The molecule has 10 heteroatoms. The number of methoxy groups -OCH3 is 2. The summed E-state index contributed by atoms with van der Waals surface area (Å²) < 4.78 is 37.0. The zero-order chi connectivity index (χ0) is 26.3. The van der Waals surface area contributed by atoms with Crippen LogP contribution in [0.1, 0.15) is 34.1 Å². The largest absolute Gasteiger partial charge is 0.493 e. The van der Waals surface area contributed by atoms with Crippen LogP contribution in [0.3, 0.4) is 0 Å². The average Bonchev–Trinajstić information content (AvgIpc) is 3.42. The van der Waals surface area contributed by atoms with E-state index in [0.717, 1.165) is 5.56 Å². The van der Waals surface area contributed by atoms with Gasteiger partial charge in [-0.1, -0.05) is 18.2 Å². The molecule has 1 saturated heterocycles. The van der Waals surface area contributed by atoms with Crippen LogP contribution in [0.15, 0.2) is 48.5 Å². The van der Waals surface area contributed by atoms with Crippen LogP contribution in [-0.2, 0) is 9.84 Å². The molecule has 1 atom stereocenters. The fourth-order valence-corrected chi connectivity index (χ4v) is 6.45. The number of rotatable bonds is 6. The first-order chi connectivity index (χ1) is 17.7. The van der Waals surface area contributed by atoms with Crippen LogP contribution in [0.25, 0.3) is 22.3 Å². The highest BCUT2D eigenvalue weighted by atomic mass is 32.2. The quantitative estimate of drug-likeness (QED) is 0.402. The standard InChI is InChI=1S/C27H28N4O5S/c1-16-7-5-6-8-21(16)29-27(32)20-14-22(18-9-10-23(35-3)24(13-18)36-4)28-26-25(20)17(2)30-31(26)19-11-12-37(33,34)15-19/h5-10,13-14,19H,11-12,15H2,1-4H3,(H,29,32). The summed E-state index contributed by atoms with van der Waals surface area (Å²) in [5.41, 5.74) is 4.38. The van der Waals surface area contributed by atoms with Crippen LogP contribution in [0.2, 0.25) is 0 Å². The summed E-state index contributed by atoms with van der Waals surface area (Å²) in [6, 6.07) is 14.4. The lowest BCUT2D eigenvalue weighted by atomic mass is 10.0. The lowest BCUT2D eigenvalue weighted by molar-refractivity contribution is 0.102. The number of hydrogen-bond acceptors (Lipinski definition) is 7. The molecule has 37 heavy (non-hydrogen) atoms. The number of aromatic nitrogens is 3. The molecule has 0 bridgehead atoms. The Morgan fingerprint density at radius 1 is 1.05 bits per heavy atom. The monoisotopic (exact) mass is 520 g/mol. The highest BCUT2D eigenvalue weighted by Gasteiger charge is 2.32. The lowest BCUT2D eigenvalue weighted by Gasteiger charge is -2.14. The van der Waals surface area contributed by atoms with Crippen molar-refractivity contribution in [3.63, 3.8) is 0 Å². The Hall–Kier alpha value is -3.92. The number of para-hydroxylation sites is 1. The second-order valence-electron chi connectivity index (χ2n) is 9.18. The summed E-state index contributed by atoms with van der Waals surface area (Å²) in [6.07, 6.45) is 0.450. The number of fused-ring (bicyclic) bond motifs is 1. The second kappa shape index (κ2) is 9.51. The minimum atomic E-state index is -3.15. The minimum absolute atomic E-state index is 0.00374. The van der Waals surface area contributed by atoms with Crippen molar-refractivity contribution in [1.82, 2.24) is 14.8 Å². The van der Waals surface area contributed by atoms with Crippen LogP contribution < -0.4 is 14.8 Å². The van der Waals surface area contributed by atoms with Crippen LogP contribution in [0, 0.1) is 13.8 Å². The van der Waals surface area contributed by atoms with Crippen molar-refractivity contribution in [3.8, 4) is 22.8 Å². The first-order valence-corrected chi connectivity index (χ1v) is 13.7. The Kier molecular flexibility index (Phi) is 6.36. The van der Waals surface area contributed by atoms with Crippen molar-refractivity contribution < 1.29 is 22.7 Å². The molecule has 1 amide bonds. The molecular formula is C27H28N4O5S. The number of nitrogens with one attached hydrogen (secondary N) is 1. The highest BCUT2D eigenvalue weighted by Crippen LogP contribution is 2.35. The van der Waals surface area contributed by atoms with Crippen molar-refractivity contribution in [3.05, 3.63) is 65.4 Å². The SMILES string of the molecule is COc1ccc(-c2cc(C(=O)Nc3ccccc3C)c3c(C)nn(C4CCS(=O)(=O)C4)c3n2)cc1OC. The third-order valence-electron chi connectivity index (χ3n) is 6.71. The Morgan fingerprint density at radius 3 is 2.49 bits per heavy atom. The number of pyridine rings is 1. The summed E-state index contributed by atoms with van der Waals surface area (Å²) in [4.78, 5) is 18.5. The van der Waals surface area contributed by atoms with Crippen LogP contribution in [-0.4, -0.2) is 54.8 Å².